The van der Waals surface area contributed by atoms with Gasteiger partial charge in [0.2, 0.25) is 0 Å². The fourth-order valence-corrected chi connectivity index (χ4v) is 2.41. The fraction of sp³-hybridized carbons (Fsp3) is 0.143. The normalized spacial score (nSPS) is 12.4. The van der Waals surface area contributed by atoms with Gasteiger partial charge in [-0.05, 0) is 29.7 Å². The lowest BCUT2D eigenvalue weighted by Crippen LogP contribution is -1.99. The number of hydrogen-bond donors (Lipinski definition) is 0. The minimum atomic E-state index is -0.965. The third kappa shape index (κ3) is 3.01. The Labute approximate surface area is 114 Å². The third-order valence-corrected chi connectivity index (χ3v) is 3.35. The van der Waals surface area contributed by atoms with E-state index >= 15 is 0 Å². The summed E-state index contributed by atoms with van der Waals surface area (Å²) in [7, 11) is 0. The molecule has 0 bridgehead atoms. The highest BCUT2D eigenvalue weighted by atomic mass is 35.5. The minimum absolute atomic E-state index is 0.143. The summed E-state index contributed by atoms with van der Waals surface area (Å²) >= 11 is 12.1. The molecule has 0 aliphatic rings. The molecule has 0 nitrogen and oxygen atoms in total. The second-order valence-corrected chi connectivity index (χ2v) is 4.88. The van der Waals surface area contributed by atoms with E-state index in [1.807, 2.05) is 30.3 Å². The smallest absolute Gasteiger partial charge is 0.160 e. The monoisotopic (exact) mass is 286 g/mol. The second-order valence-electron chi connectivity index (χ2n) is 3.95. The van der Waals surface area contributed by atoms with Gasteiger partial charge in [0.05, 0.1) is 5.38 Å². The van der Waals surface area contributed by atoms with E-state index in [0.717, 1.165) is 17.7 Å². The van der Waals surface area contributed by atoms with E-state index < -0.39 is 17.0 Å². The molecule has 18 heavy (non-hydrogen) atoms. The van der Waals surface area contributed by atoms with E-state index in [2.05, 4.69) is 0 Å². The number of rotatable bonds is 3. The second kappa shape index (κ2) is 5.68. The maximum absolute atomic E-state index is 13.2. The number of alkyl halides is 1. The summed E-state index contributed by atoms with van der Waals surface area (Å²) in [4.78, 5) is 0. The molecule has 0 fully saturated rings. The molecule has 0 N–H and O–H groups in total. The molecule has 0 heterocycles. The van der Waals surface area contributed by atoms with Crippen LogP contribution in [0.1, 0.15) is 16.5 Å². The Balaban J connectivity index is 2.24. The van der Waals surface area contributed by atoms with Crippen LogP contribution in [0, 0.1) is 11.6 Å². The molecule has 0 spiro atoms. The van der Waals surface area contributed by atoms with Gasteiger partial charge in [0.15, 0.2) is 11.6 Å². The van der Waals surface area contributed by atoms with Gasteiger partial charge in [0.25, 0.3) is 0 Å². The fourth-order valence-electron chi connectivity index (χ4n) is 1.71. The van der Waals surface area contributed by atoms with Crippen molar-refractivity contribution in [3.63, 3.8) is 0 Å². The summed E-state index contributed by atoms with van der Waals surface area (Å²) in [6, 6.07) is 11.5. The van der Waals surface area contributed by atoms with Crippen molar-refractivity contribution < 1.29 is 8.78 Å². The van der Waals surface area contributed by atoms with Crippen molar-refractivity contribution in [1.82, 2.24) is 0 Å². The average molecular weight is 287 g/mol. The van der Waals surface area contributed by atoms with E-state index in [4.69, 9.17) is 23.2 Å². The highest BCUT2D eigenvalue weighted by Gasteiger charge is 2.16. The Morgan fingerprint density at radius 1 is 1.00 bits per heavy atom. The molecule has 2 rings (SSSR count). The van der Waals surface area contributed by atoms with Crippen LogP contribution in [0.2, 0.25) is 5.02 Å². The first-order valence-electron chi connectivity index (χ1n) is 5.40. The van der Waals surface area contributed by atoms with Gasteiger partial charge in [-0.1, -0.05) is 41.9 Å². The average Bonchev–Trinajstić information content (AvgIpc) is 2.35. The highest BCUT2D eigenvalue weighted by molar-refractivity contribution is 6.32. The summed E-state index contributed by atoms with van der Waals surface area (Å²) in [5.74, 6) is -1.90. The number of benzene rings is 2. The first-order valence-corrected chi connectivity index (χ1v) is 6.22. The Bertz CT molecular complexity index is 541. The van der Waals surface area contributed by atoms with Crippen LogP contribution in [-0.2, 0) is 6.42 Å². The summed E-state index contributed by atoms with van der Waals surface area (Å²) in [5.41, 5.74) is 1.42. The predicted octanol–water partition coefficient (Wildman–Crippen LogP) is 5.14. The summed E-state index contributed by atoms with van der Waals surface area (Å²) in [6.45, 7) is 0. The Kier molecular flexibility index (Phi) is 4.20. The topological polar surface area (TPSA) is 0 Å². The van der Waals surface area contributed by atoms with Crippen LogP contribution in [0.15, 0.2) is 42.5 Å². The van der Waals surface area contributed by atoms with Gasteiger partial charge >= 0.3 is 0 Å². The van der Waals surface area contributed by atoms with E-state index in [0.29, 0.717) is 12.0 Å². The maximum atomic E-state index is 13.2. The lowest BCUT2D eigenvalue weighted by molar-refractivity contribution is 0.507. The van der Waals surface area contributed by atoms with E-state index in [9.17, 15) is 8.78 Å². The summed E-state index contributed by atoms with van der Waals surface area (Å²) in [6.07, 6.45) is 0.507. The quantitative estimate of drug-likeness (QED) is 0.541. The van der Waals surface area contributed by atoms with Crippen LogP contribution in [0.5, 0.6) is 0 Å². The van der Waals surface area contributed by atoms with Crippen LogP contribution < -0.4 is 0 Å². The van der Waals surface area contributed by atoms with Gasteiger partial charge in [-0.15, -0.1) is 11.6 Å². The lowest BCUT2D eigenvalue weighted by Gasteiger charge is -2.12. The van der Waals surface area contributed by atoms with E-state index in [1.165, 1.54) is 0 Å². The zero-order valence-corrected chi connectivity index (χ0v) is 10.8. The summed E-state index contributed by atoms with van der Waals surface area (Å²) < 4.78 is 26.1. The molecule has 1 unspecified atom stereocenters. The van der Waals surface area contributed by atoms with Gasteiger partial charge < -0.3 is 0 Å². The van der Waals surface area contributed by atoms with Crippen molar-refractivity contribution in [3.05, 3.63) is 70.2 Å². The standard InChI is InChI=1S/C14H10Cl2F2/c15-11(6-9-4-2-1-3-5-9)10-7-13(17)14(18)8-12(10)16/h1-5,7-8,11H,6H2. The van der Waals surface area contributed by atoms with Crippen molar-refractivity contribution in [2.24, 2.45) is 0 Å². The molecule has 4 heteroatoms. The van der Waals surface area contributed by atoms with Gasteiger partial charge in [-0.2, -0.15) is 0 Å². The van der Waals surface area contributed by atoms with Gasteiger partial charge in [-0.25, -0.2) is 8.78 Å². The van der Waals surface area contributed by atoms with Crippen molar-refractivity contribution >= 4 is 23.2 Å². The van der Waals surface area contributed by atoms with E-state index in [1.54, 1.807) is 0 Å². The van der Waals surface area contributed by atoms with Gasteiger partial charge in [0, 0.05) is 5.02 Å². The van der Waals surface area contributed by atoms with Crippen LogP contribution in [-0.4, -0.2) is 0 Å². The molecule has 2 aromatic rings. The molecule has 1 atom stereocenters. The Morgan fingerprint density at radius 2 is 1.61 bits per heavy atom. The molecule has 0 amide bonds. The predicted molar refractivity (Wildman–Crippen MR) is 70.1 cm³/mol. The van der Waals surface area contributed by atoms with Crippen molar-refractivity contribution in [1.29, 1.82) is 0 Å². The molecular formula is C14H10Cl2F2. The van der Waals surface area contributed by atoms with Crippen LogP contribution in [0.25, 0.3) is 0 Å². The lowest BCUT2D eigenvalue weighted by atomic mass is 10.0. The molecule has 0 aliphatic heterocycles. The molecular weight excluding hydrogens is 277 g/mol. The maximum Gasteiger partial charge on any atom is 0.160 e. The first-order chi connectivity index (χ1) is 8.58. The van der Waals surface area contributed by atoms with Gasteiger partial charge in [-0.3, -0.25) is 0 Å². The molecule has 2 aromatic carbocycles. The SMILES string of the molecule is Fc1cc(Cl)c(C(Cl)Cc2ccccc2)cc1F. The zero-order chi connectivity index (χ0) is 13.1. The van der Waals surface area contributed by atoms with Gasteiger partial charge in [0.1, 0.15) is 0 Å². The number of hydrogen-bond acceptors (Lipinski definition) is 0. The van der Waals surface area contributed by atoms with Crippen molar-refractivity contribution in [2.45, 2.75) is 11.8 Å². The van der Waals surface area contributed by atoms with Crippen molar-refractivity contribution in [3.8, 4) is 0 Å². The van der Waals surface area contributed by atoms with Crippen LogP contribution in [0.3, 0.4) is 0 Å². The molecule has 0 aromatic heterocycles. The molecule has 0 saturated carbocycles. The zero-order valence-electron chi connectivity index (χ0n) is 9.34. The van der Waals surface area contributed by atoms with Crippen LogP contribution in [0.4, 0.5) is 8.78 Å². The summed E-state index contributed by atoms with van der Waals surface area (Å²) in [5, 5.41) is -0.347. The van der Waals surface area contributed by atoms with Crippen LogP contribution >= 0.6 is 23.2 Å². The first kappa shape index (κ1) is 13.3. The molecule has 0 saturated heterocycles. The Hall–Kier alpha value is -1.12. The Morgan fingerprint density at radius 3 is 2.28 bits per heavy atom. The highest BCUT2D eigenvalue weighted by Crippen LogP contribution is 2.32. The molecule has 94 valence electrons. The van der Waals surface area contributed by atoms with Crippen molar-refractivity contribution in [2.75, 3.05) is 0 Å². The number of halogens is 4. The van der Waals surface area contributed by atoms with E-state index in [-0.39, 0.29) is 5.02 Å². The largest absolute Gasteiger partial charge is 0.204 e. The minimum Gasteiger partial charge on any atom is -0.204 e. The molecule has 0 radical (unpaired) electrons. The third-order valence-electron chi connectivity index (χ3n) is 2.63. The molecule has 0 aliphatic carbocycles.